The van der Waals surface area contributed by atoms with Crippen LogP contribution in [-0.2, 0) is 11.6 Å². The van der Waals surface area contributed by atoms with E-state index in [-0.39, 0.29) is 11.0 Å². The molecule has 2 N–H and O–H groups in total. The summed E-state index contributed by atoms with van der Waals surface area (Å²) in [6.45, 7) is 0.530. The fourth-order valence-corrected chi connectivity index (χ4v) is 3.35. The SMILES string of the molecule is NCC1(c2ccc3oc(C(F)(F)F)cc3c2)CCCCC1. The molecule has 0 radical (unpaired) electrons. The van der Waals surface area contributed by atoms with E-state index in [1.54, 1.807) is 6.07 Å². The Bertz CT molecular complexity index is 638. The van der Waals surface area contributed by atoms with Crippen LogP contribution in [-0.4, -0.2) is 6.54 Å². The Morgan fingerprint density at radius 1 is 1.10 bits per heavy atom. The third-order valence-electron chi connectivity index (χ3n) is 4.61. The number of hydrogen-bond donors (Lipinski definition) is 1. The molecule has 114 valence electrons. The molecular weight excluding hydrogens is 279 g/mol. The molecule has 21 heavy (non-hydrogen) atoms. The van der Waals surface area contributed by atoms with Crippen LogP contribution in [0.5, 0.6) is 0 Å². The summed E-state index contributed by atoms with van der Waals surface area (Å²) in [6.07, 6.45) is 0.990. The Labute approximate surface area is 121 Å². The Kier molecular flexibility index (Phi) is 3.48. The van der Waals surface area contributed by atoms with Gasteiger partial charge in [0.2, 0.25) is 5.76 Å². The van der Waals surface area contributed by atoms with Crippen molar-refractivity contribution >= 4 is 11.0 Å². The average molecular weight is 297 g/mol. The van der Waals surface area contributed by atoms with Gasteiger partial charge in [-0.2, -0.15) is 13.2 Å². The molecule has 0 spiro atoms. The zero-order chi connectivity index (χ0) is 15.1. The molecule has 3 rings (SSSR count). The Hall–Kier alpha value is -1.49. The number of nitrogens with two attached hydrogens (primary N) is 1. The number of rotatable bonds is 2. The molecule has 0 aliphatic heterocycles. The van der Waals surface area contributed by atoms with Crippen LogP contribution in [0.2, 0.25) is 0 Å². The van der Waals surface area contributed by atoms with E-state index >= 15 is 0 Å². The van der Waals surface area contributed by atoms with E-state index in [1.165, 1.54) is 6.42 Å². The number of fused-ring (bicyclic) bond motifs is 1. The van der Waals surface area contributed by atoms with Gasteiger partial charge < -0.3 is 10.2 Å². The van der Waals surface area contributed by atoms with Gasteiger partial charge in [-0.25, -0.2) is 0 Å². The van der Waals surface area contributed by atoms with Gasteiger partial charge in [-0.3, -0.25) is 0 Å². The van der Waals surface area contributed by atoms with Crippen LogP contribution in [0, 0.1) is 0 Å². The van der Waals surface area contributed by atoms with Gasteiger partial charge in [-0.05, 0) is 36.6 Å². The second-order valence-corrected chi connectivity index (χ2v) is 5.91. The Balaban J connectivity index is 2.04. The average Bonchev–Trinajstić information content (AvgIpc) is 2.91. The molecule has 5 heteroatoms. The maximum absolute atomic E-state index is 12.7. The molecule has 1 aromatic carbocycles. The molecule has 1 aliphatic rings. The van der Waals surface area contributed by atoms with E-state index in [9.17, 15) is 13.2 Å². The molecule has 0 atom stereocenters. The minimum absolute atomic E-state index is 0.0951. The second-order valence-electron chi connectivity index (χ2n) is 5.91. The highest BCUT2D eigenvalue weighted by atomic mass is 19.4. The van der Waals surface area contributed by atoms with Crippen LogP contribution in [0.4, 0.5) is 13.2 Å². The minimum Gasteiger partial charge on any atom is -0.452 e. The van der Waals surface area contributed by atoms with Gasteiger partial charge in [-0.15, -0.1) is 0 Å². The largest absolute Gasteiger partial charge is 0.452 e. The topological polar surface area (TPSA) is 39.2 Å². The van der Waals surface area contributed by atoms with E-state index in [1.807, 2.05) is 12.1 Å². The first-order valence-corrected chi connectivity index (χ1v) is 7.26. The van der Waals surface area contributed by atoms with Crippen molar-refractivity contribution in [1.29, 1.82) is 0 Å². The lowest BCUT2D eigenvalue weighted by Crippen LogP contribution is -2.37. The van der Waals surface area contributed by atoms with Crippen LogP contribution in [0.1, 0.15) is 43.4 Å². The van der Waals surface area contributed by atoms with Crippen molar-refractivity contribution in [3.63, 3.8) is 0 Å². The summed E-state index contributed by atoms with van der Waals surface area (Å²) in [5.41, 5.74) is 7.20. The number of hydrogen-bond acceptors (Lipinski definition) is 2. The summed E-state index contributed by atoms with van der Waals surface area (Å²) in [6, 6.07) is 6.38. The number of alkyl halides is 3. The zero-order valence-corrected chi connectivity index (χ0v) is 11.7. The van der Waals surface area contributed by atoms with Crippen LogP contribution in [0.25, 0.3) is 11.0 Å². The summed E-state index contributed by atoms with van der Waals surface area (Å²) in [4.78, 5) is 0. The molecule has 2 nitrogen and oxygen atoms in total. The fourth-order valence-electron chi connectivity index (χ4n) is 3.35. The molecular formula is C16H18F3NO. The van der Waals surface area contributed by atoms with Gasteiger partial charge in [0.25, 0.3) is 0 Å². The molecule has 1 aromatic heterocycles. The van der Waals surface area contributed by atoms with Gasteiger partial charge in [0.15, 0.2) is 0 Å². The van der Waals surface area contributed by atoms with Gasteiger partial charge in [0, 0.05) is 17.3 Å². The lowest BCUT2D eigenvalue weighted by molar-refractivity contribution is -0.152. The van der Waals surface area contributed by atoms with E-state index < -0.39 is 11.9 Å². The summed E-state index contributed by atoms with van der Waals surface area (Å²) < 4.78 is 43.0. The van der Waals surface area contributed by atoms with E-state index in [2.05, 4.69) is 0 Å². The van der Waals surface area contributed by atoms with Gasteiger partial charge in [0.1, 0.15) is 5.58 Å². The van der Waals surface area contributed by atoms with Crippen molar-refractivity contribution in [2.24, 2.45) is 5.73 Å². The second kappa shape index (κ2) is 5.05. The third-order valence-corrected chi connectivity index (χ3v) is 4.61. The monoisotopic (exact) mass is 297 g/mol. The molecule has 1 heterocycles. The smallest absolute Gasteiger partial charge is 0.449 e. The van der Waals surface area contributed by atoms with Crippen molar-refractivity contribution in [3.05, 3.63) is 35.6 Å². The highest BCUT2D eigenvalue weighted by Crippen LogP contribution is 2.41. The maximum Gasteiger partial charge on any atom is 0.449 e. The highest BCUT2D eigenvalue weighted by Gasteiger charge is 2.36. The predicted molar refractivity (Wildman–Crippen MR) is 75.0 cm³/mol. The summed E-state index contributed by atoms with van der Waals surface area (Å²) in [5, 5.41) is 0.498. The van der Waals surface area contributed by atoms with Crippen LogP contribution >= 0.6 is 0 Å². The van der Waals surface area contributed by atoms with Crippen LogP contribution in [0.3, 0.4) is 0 Å². The molecule has 0 amide bonds. The quantitative estimate of drug-likeness (QED) is 0.879. The molecule has 1 aliphatic carbocycles. The van der Waals surface area contributed by atoms with E-state index in [0.29, 0.717) is 11.9 Å². The first-order valence-electron chi connectivity index (χ1n) is 7.26. The maximum atomic E-state index is 12.7. The minimum atomic E-state index is -4.45. The normalized spacial score (nSPS) is 19.0. The predicted octanol–water partition coefficient (Wildman–Crippen LogP) is 4.61. The van der Waals surface area contributed by atoms with Gasteiger partial charge in [-0.1, -0.05) is 25.3 Å². The highest BCUT2D eigenvalue weighted by molar-refractivity contribution is 5.79. The van der Waals surface area contributed by atoms with Crippen molar-refractivity contribution in [2.45, 2.75) is 43.7 Å². The number of halogens is 3. The third kappa shape index (κ3) is 2.55. The Morgan fingerprint density at radius 2 is 1.81 bits per heavy atom. The van der Waals surface area contributed by atoms with Crippen molar-refractivity contribution in [2.75, 3.05) is 6.54 Å². The van der Waals surface area contributed by atoms with E-state index in [0.717, 1.165) is 37.3 Å². The summed E-state index contributed by atoms with van der Waals surface area (Å²) >= 11 is 0. The first-order chi connectivity index (χ1) is 9.94. The van der Waals surface area contributed by atoms with Crippen LogP contribution < -0.4 is 5.73 Å². The number of benzene rings is 1. The first kappa shape index (κ1) is 14.4. The number of furan rings is 1. The molecule has 0 saturated heterocycles. The molecule has 1 fully saturated rings. The van der Waals surface area contributed by atoms with Crippen molar-refractivity contribution in [1.82, 2.24) is 0 Å². The van der Waals surface area contributed by atoms with Gasteiger partial charge in [0.05, 0.1) is 0 Å². The Morgan fingerprint density at radius 3 is 2.43 bits per heavy atom. The standard InChI is InChI=1S/C16H18F3NO/c17-16(18,19)14-9-11-8-12(4-5-13(11)21-14)15(10-20)6-2-1-3-7-15/h4-5,8-9H,1-3,6-7,10,20H2. The van der Waals surface area contributed by atoms with Crippen molar-refractivity contribution in [3.8, 4) is 0 Å². The molecule has 0 unspecified atom stereocenters. The van der Waals surface area contributed by atoms with Gasteiger partial charge >= 0.3 is 6.18 Å². The summed E-state index contributed by atoms with van der Waals surface area (Å²) in [7, 11) is 0. The zero-order valence-electron chi connectivity index (χ0n) is 11.7. The van der Waals surface area contributed by atoms with Crippen molar-refractivity contribution < 1.29 is 17.6 Å². The van der Waals surface area contributed by atoms with Crippen LogP contribution in [0.15, 0.2) is 28.7 Å². The lowest BCUT2D eigenvalue weighted by Gasteiger charge is -2.36. The molecule has 0 bridgehead atoms. The summed E-state index contributed by atoms with van der Waals surface area (Å²) in [5.74, 6) is -0.944. The lowest BCUT2D eigenvalue weighted by atomic mass is 9.69. The fraction of sp³-hybridized carbons (Fsp3) is 0.500. The molecule has 1 saturated carbocycles. The van der Waals surface area contributed by atoms with E-state index in [4.69, 9.17) is 10.2 Å². The molecule has 2 aromatic rings.